The fourth-order valence-electron chi connectivity index (χ4n) is 1.61. The lowest BCUT2D eigenvalue weighted by molar-refractivity contribution is 0.0950. The lowest BCUT2D eigenvalue weighted by Crippen LogP contribution is -2.23. The highest BCUT2D eigenvalue weighted by Gasteiger charge is 2.12. The normalized spacial score (nSPS) is 10.3. The van der Waals surface area contributed by atoms with Gasteiger partial charge < -0.3 is 15.5 Å². The Labute approximate surface area is 113 Å². The van der Waals surface area contributed by atoms with Gasteiger partial charge in [-0.3, -0.25) is 4.79 Å². The van der Waals surface area contributed by atoms with Crippen LogP contribution in [0, 0.1) is 6.92 Å². The summed E-state index contributed by atoms with van der Waals surface area (Å²) in [6, 6.07) is 5.35. The van der Waals surface area contributed by atoms with E-state index in [1.54, 1.807) is 24.7 Å². The van der Waals surface area contributed by atoms with Crippen LogP contribution in [-0.2, 0) is 6.54 Å². The Morgan fingerprint density at radius 1 is 1.50 bits per heavy atom. The minimum absolute atomic E-state index is 0.151. The molecule has 4 nitrogen and oxygen atoms in total. The number of halogens is 1. The minimum atomic E-state index is -0.151. The van der Waals surface area contributed by atoms with E-state index in [0.717, 1.165) is 15.6 Å². The number of hydrogen-bond acceptors (Lipinski definition) is 3. The molecule has 0 atom stereocenters. The van der Waals surface area contributed by atoms with E-state index < -0.39 is 0 Å². The molecule has 0 unspecified atom stereocenters. The standard InChI is InChI=1S/C13H13BrN2O2/c1-8-11(4-10(14)5-12(8)15)13(17)16-6-9-2-3-18-7-9/h2-5,7H,6,15H2,1H3,(H,16,17). The molecule has 0 spiro atoms. The molecule has 1 heterocycles. The van der Waals surface area contributed by atoms with Crippen molar-refractivity contribution in [3.63, 3.8) is 0 Å². The van der Waals surface area contributed by atoms with Gasteiger partial charge in [0.15, 0.2) is 0 Å². The highest BCUT2D eigenvalue weighted by molar-refractivity contribution is 9.10. The summed E-state index contributed by atoms with van der Waals surface area (Å²) in [6.45, 7) is 2.26. The summed E-state index contributed by atoms with van der Waals surface area (Å²) in [5, 5.41) is 2.82. The number of nitrogens with two attached hydrogens (primary N) is 1. The SMILES string of the molecule is Cc1c(N)cc(Br)cc1C(=O)NCc1ccoc1. The van der Waals surface area contributed by atoms with Gasteiger partial charge in [-0.15, -0.1) is 0 Å². The molecule has 2 rings (SSSR count). The van der Waals surface area contributed by atoms with E-state index in [4.69, 9.17) is 10.2 Å². The molecule has 1 aromatic heterocycles. The van der Waals surface area contributed by atoms with Crippen molar-refractivity contribution in [3.05, 3.63) is 51.9 Å². The molecular formula is C13H13BrN2O2. The van der Waals surface area contributed by atoms with Gasteiger partial charge in [-0.1, -0.05) is 15.9 Å². The summed E-state index contributed by atoms with van der Waals surface area (Å²) < 4.78 is 5.73. The lowest BCUT2D eigenvalue weighted by atomic mass is 10.1. The smallest absolute Gasteiger partial charge is 0.251 e. The second-order valence-corrected chi connectivity index (χ2v) is 4.90. The van der Waals surface area contributed by atoms with Gasteiger partial charge in [0.25, 0.3) is 5.91 Å². The number of hydrogen-bond donors (Lipinski definition) is 2. The number of carbonyl (C=O) groups excluding carboxylic acids is 1. The van der Waals surface area contributed by atoms with Gasteiger partial charge in [-0.25, -0.2) is 0 Å². The van der Waals surface area contributed by atoms with E-state index in [2.05, 4.69) is 21.2 Å². The highest BCUT2D eigenvalue weighted by Crippen LogP contribution is 2.22. The summed E-state index contributed by atoms with van der Waals surface area (Å²) in [7, 11) is 0. The van der Waals surface area contributed by atoms with Gasteiger partial charge in [0, 0.05) is 27.8 Å². The van der Waals surface area contributed by atoms with E-state index >= 15 is 0 Å². The van der Waals surface area contributed by atoms with Crippen molar-refractivity contribution < 1.29 is 9.21 Å². The first kappa shape index (κ1) is 12.7. The van der Waals surface area contributed by atoms with Crippen LogP contribution < -0.4 is 11.1 Å². The second kappa shape index (κ2) is 5.27. The van der Waals surface area contributed by atoms with Crippen LogP contribution in [0.4, 0.5) is 5.69 Å². The lowest BCUT2D eigenvalue weighted by Gasteiger charge is -2.09. The number of furan rings is 1. The maximum atomic E-state index is 12.0. The van der Waals surface area contributed by atoms with Crippen LogP contribution in [0.3, 0.4) is 0 Å². The molecule has 3 N–H and O–H groups in total. The number of carbonyl (C=O) groups is 1. The van der Waals surface area contributed by atoms with Crippen LogP contribution >= 0.6 is 15.9 Å². The zero-order valence-electron chi connectivity index (χ0n) is 9.87. The third kappa shape index (κ3) is 2.73. The first-order valence-corrected chi connectivity index (χ1v) is 6.22. The highest BCUT2D eigenvalue weighted by atomic mass is 79.9. The van der Waals surface area contributed by atoms with Gasteiger partial charge >= 0.3 is 0 Å². The van der Waals surface area contributed by atoms with Crippen molar-refractivity contribution in [3.8, 4) is 0 Å². The van der Waals surface area contributed by atoms with E-state index in [1.807, 2.05) is 13.0 Å². The van der Waals surface area contributed by atoms with Crippen LogP contribution in [0.1, 0.15) is 21.5 Å². The third-order valence-electron chi connectivity index (χ3n) is 2.69. The number of nitrogens with one attached hydrogen (secondary N) is 1. The molecule has 0 aliphatic heterocycles. The van der Waals surface area contributed by atoms with E-state index in [-0.39, 0.29) is 5.91 Å². The maximum absolute atomic E-state index is 12.0. The number of anilines is 1. The Kier molecular flexibility index (Phi) is 3.72. The summed E-state index contributed by atoms with van der Waals surface area (Å²) in [6.07, 6.45) is 3.17. The van der Waals surface area contributed by atoms with Crippen molar-refractivity contribution in [2.45, 2.75) is 13.5 Å². The van der Waals surface area contributed by atoms with Gasteiger partial charge in [0.2, 0.25) is 0 Å². The minimum Gasteiger partial charge on any atom is -0.472 e. The Balaban J connectivity index is 2.14. The fourth-order valence-corrected chi connectivity index (χ4v) is 2.08. The molecule has 2 aromatic rings. The fraction of sp³-hybridized carbons (Fsp3) is 0.154. The molecule has 0 fully saturated rings. The molecule has 0 aliphatic carbocycles. The Bertz CT molecular complexity index is 565. The van der Waals surface area contributed by atoms with Crippen LogP contribution in [0.15, 0.2) is 39.6 Å². The monoisotopic (exact) mass is 308 g/mol. The molecule has 0 radical (unpaired) electrons. The van der Waals surface area contributed by atoms with Gasteiger partial charge in [0.1, 0.15) is 0 Å². The summed E-state index contributed by atoms with van der Waals surface area (Å²) in [5.74, 6) is -0.151. The molecule has 5 heteroatoms. The quantitative estimate of drug-likeness (QED) is 0.857. The van der Waals surface area contributed by atoms with Crippen molar-refractivity contribution in [2.75, 3.05) is 5.73 Å². The zero-order chi connectivity index (χ0) is 13.1. The van der Waals surface area contributed by atoms with E-state index in [1.165, 1.54) is 0 Å². The average molecular weight is 309 g/mol. The number of nitrogen functional groups attached to an aromatic ring is 1. The van der Waals surface area contributed by atoms with Crippen molar-refractivity contribution in [1.29, 1.82) is 0 Å². The average Bonchev–Trinajstić information content (AvgIpc) is 2.83. The summed E-state index contributed by atoms with van der Waals surface area (Å²) >= 11 is 3.33. The number of amides is 1. The van der Waals surface area contributed by atoms with Crippen molar-refractivity contribution in [2.24, 2.45) is 0 Å². The first-order valence-electron chi connectivity index (χ1n) is 5.43. The van der Waals surface area contributed by atoms with Gasteiger partial charge in [-0.05, 0) is 30.7 Å². The Morgan fingerprint density at radius 3 is 2.94 bits per heavy atom. The van der Waals surface area contributed by atoms with Crippen LogP contribution in [0.2, 0.25) is 0 Å². The largest absolute Gasteiger partial charge is 0.472 e. The summed E-state index contributed by atoms with van der Waals surface area (Å²) in [5.41, 5.74) is 8.70. The van der Waals surface area contributed by atoms with Crippen LogP contribution in [-0.4, -0.2) is 5.91 Å². The summed E-state index contributed by atoms with van der Waals surface area (Å²) in [4.78, 5) is 12.0. The molecule has 0 saturated heterocycles. The molecule has 0 aliphatic rings. The third-order valence-corrected chi connectivity index (χ3v) is 3.15. The molecule has 0 saturated carbocycles. The van der Waals surface area contributed by atoms with Crippen LogP contribution in [0.25, 0.3) is 0 Å². The number of rotatable bonds is 3. The second-order valence-electron chi connectivity index (χ2n) is 3.98. The van der Waals surface area contributed by atoms with E-state index in [9.17, 15) is 4.79 Å². The number of benzene rings is 1. The van der Waals surface area contributed by atoms with Crippen molar-refractivity contribution >= 4 is 27.5 Å². The van der Waals surface area contributed by atoms with E-state index in [0.29, 0.717) is 17.8 Å². The maximum Gasteiger partial charge on any atom is 0.251 e. The van der Waals surface area contributed by atoms with Crippen LogP contribution in [0.5, 0.6) is 0 Å². The molecule has 18 heavy (non-hydrogen) atoms. The molecule has 94 valence electrons. The van der Waals surface area contributed by atoms with Crippen molar-refractivity contribution in [1.82, 2.24) is 5.32 Å². The zero-order valence-corrected chi connectivity index (χ0v) is 11.5. The molecule has 1 aromatic carbocycles. The molecular weight excluding hydrogens is 296 g/mol. The molecule has 1 amide bonds. The predicted molar refractivity (Wildman–Crippen MR) is 73.2 cm³/mol. The van der Waals surface area contributed by atoms with Gasteiger partial charge in [-0.2, -0.15) is 0 Å². The first-order chi connectivity index (χ1) is 8.58. The Hall–Kier alpha value is -1.75. The molecule has 0 bridgehead atoms. The predicted octanol–water partition coefficient (Wildman–Crippen LogP) is 2.86. The van der Waals surface area contributed by atoms with Gasteiger partial charge in [0.05, 0.1) is 12.5 Å². The Morgan fingerprint density at radius 2 is 2.28 bits per heavy atom. The topological polar surface area (TPSA) is 68.3 Å².